The van der Waals surface area contributed by atoms with Crippen molar-refractivity contribution in [3.63, 3.8) is 0 Å². The van der Waals surface area contributed by atoms with E-state index in [1.165, 1.54) is 0 Å². The van der Waals surface area contributed by atoms with Crippen LogP contribution in [0.2, 0.25) is 0 Å². The van der Waals surface area contributed by atoms with E-state index in [1.54, 1.807) is 0 Å². The molecule has 0 aromatic rings. The molecule has 0 radical (unpaired) electrons. The van der Waals surface area contributed by atoms with Crippen molar-refractivity contribution in [3.05, 3.63) is 0 Å². The SMILES string of the molecule is CC(OCCC(C)(C)CN)C(F)(F)F. The van der Waals surface area contributed by atoms with Gasteiger partial charge in [0.15, 0.2) is 6.10 Å². The summed E-state index contributed by atoms with van der Waals surface area (Å²) in [5, 5.41) is 0. The highest BCUT2D eigenvalue weighted by Crippen LogP contribution is 2.24. The summed E-state index contributed by atoms with van der Waals surface area (Å²) in [5.74, 6) is 0. The van der Waals surface area contributed by atoms with E-state index in [4.69, 9.17) is 5.73 Å². The topological polar surface area (TPSA) is 35.2 Å². The maximum absolute atomic E-state index is 12.0. The first-order valence-electron chi connectivity index (χ1n) is 4.57. The van der Waals surface area contributed by atoms with Gasteiger partial charge >= 0.3 is 6.18 Å². The molecule has 0 aliphatic rings. The monoisotopic (exact) mass is 213 g/mol. The number of hydrogen-bond donors (Lipinski definition) is 1. The van der Waals surface area contributed by atoms with E-state index in [2.05, 4.69) is 4.74 Å². The van der Waals surface area contributed by atoms with Gasteiger partial charge in [-0.05, 0) is 25.3 Å². The maximum Gasteiger partial charge on any atom is 0.414 e. The van der Waals surface area contributed by atoms with Crippen molar-refractivity contribution in [3.8, 4) is 0 Å². The molecule has 5 heteroatoms. The van der Waals surface area contributed by atoms with Gasteiger partial charge in [0, 0.05) is 6.61 Å². The van der Waals surface area contributed by atoms with Crippen LogP contribution in [0, 0.1) is 5.41 Å². The van der Waals surface area contributed by atoms with Crippen molar-refractivity contribution >= 4 is 0 Å². The second-order valence-electron chi connectivity index (χ2n) is 4.17. The van der Waals surface area contributed by atoms with Gasteiger partial charge < -0.3 is 10.5 Å². The highest BCUT2D eigenvalue weighted by atomic mass is 19.4. The van der Waals surface area contributed by atoms with E-state index in [9.17, 15) is 13.2 Å². The second kappa shape index (κ2) is 4.98. The zero-order chi connectivity index (χ0) is 11.4. The lowest BCUT2D eigenvalue weighted by atomic mass is 9.90. The third-order valence-corrected chi connectivity index (χ3v) is 2.16. The summed E-state index contributed by atoms with van der Waals surface area (Å²) >= 11 is 0. The van der Waals surface area contributed by atoms with Crippen molar-refractivity contribution in [2.24, 2.45) is 11.1 Å². The van der Waals surface area contributed by atoms with Crippen LogP contribution in [0.1, 0.15) is 27.2 Å². The molecule has 0 aliphatic heterocycles. The Balaban J connectivity index is 3.75. The molecule has 1 atom stereocenters. The van der Waals surface area contributed by atoms with E-state index in [1.807, 2.05) is 13.8 Å². The van der Waals surface area contributed by atoms with Crippen molar-refractivity contribution in [2.45, 2.75) is 39.5 Å². The molecule has 86 valence electrons. The molecule has 1 unspecified atom stereocenters. The number of rotatable bonds is 5. The van der Waals surface area contributed by atoms with Crippen LogP contribution >= 0.6 is 0 Å². The maximum atomic E-state index is 12.0. The van der Waals surface area contributed by atoms with E-state index in [0.717, 1.165) is 6.92 Å². The Morgan fingerprint density at radius 3 is 2.14 bits per heavy atom. The minimum absolute atomic E-state index is 0.0882. The second-order valence-corrected chi connectivity index (χ2v) is 4.17. The molecule has 0 aliphatic carbocycles. The molecular formula is C9H18F3NO. The Kier molecular flexibility index (Phi) is 4.88. The summed E-state index contributed by atoms with van der Waals surface area (Å²) < 4.78 is 40.7. The standard InChI is InChI=1S/C9H18F3NO/c1-7(9(10,11)12)14-5-4-8(2,3)6-13/h7H,4-6,13H2,1-3H3. The fourth-order valence-electron chi connectivity index (χ4n) is 0.709. The Labute approximate surface area is 82.6 Å². The number of alkyl halides is 3. The van der Waals surface area contributed by atoms with Crippen molar-refractivity contribution in [1.29, 1.82) is 0 Å². The van der Waals surface area contributed by atoms with Crippen LogP contribution < -0.4 is 5.73 Å². The highest BCUT2D eigenvalue weighted by Gasteiger charge is 2.36. The summed E-state index contributed by atoms with van der Waals surface area (Å²) in [7, 11) is 0. The van der Waals surface area contributed by atoms with Crippen LogP contribution in [0.15, 0.2) is 0 Å². The molecule has 0 aromatic carbocycles. The molecule has 0 heterocycles. The van der Waals surface area contributed by atoms with Crippen LogP contribution in [-0.2, 0) is 4.74 Å². The minimum atomic E-state index is -4.27. The summed E-state index contributed by atoms with van der Waals surface area (Å²) in [6.07, 6.45) is -5.44. The van der Waals surface area contributed by atoms with Crippen LogP contribution in [0.4, 0.5) is 13.2 Å². The largest absolute Gasteiger partial charge is 0.414 e. The Morgan fingerprint density at radius 2 is 1.79 bits per heavy atom. The molecule has 0 spiro atoms. The smallest absolute Gasteiger partial charge is 0.369 e. The van der Waals surface area contributed by atoms with E-state index >= 15 is 0 Å². The van der Waals surface area contributed by atoms with Crippen molar-refractivity contribution < 1.29 is 17.9 Å². The van der Waals surface area contributed by atoms with E-state index in [0.29, 0.717) is 13.0 Å². The Morgan fingerprint density at radius 1 is 1.29 bits per heavy atom. The van der Waals surface area contributed by atoms with E-state index in [-0.39, 0.29) is 12.0 Å². The zero-order valence-electron chi connectivity index (χ0n) is 8.82. The first kappa shape index (κ1) is 13.7. The van der Waals surface area contributed by atoms with Gasteiger partial charge in [-0.25, -0.2) is 0 Å². The molecule has 14 heavy (non-hydrogen) atoms. The van der Waals surface area contributed by atoms with Gasteiger partial charge in [-0.1, -0.05) is 13.8 Å². The number of hydrogen-bond acceptors (Lipinski definition) is 2. The average Bonchev–Trinajstić information content (AvgIpc) is 2.02. The van der Waals surface area contributed by atoms with Crippen LogP contribution in [0.3, 0.4) is 0 Å². The first-order chi connectivity index (χ1) is 6.19. The Hall–Kier alpha value is -0.290. The predicted molar refractivity (Wildman–Crippen MR) is 48.9 cm³/mol. The molecular weight excluding hydrogens is 195 g/mol. The fraction of sp³-hybridized carbons (Fsp3) is 1.00. The van der Waals surface area contributed by atoms with Crippen molar-refractivity contribution in [1.82, 2.24) is 0 Å². The summed E-state index contributed by atoms with van der Waals surface area (Å²) in [5.41, 5.74) is 5.27. The lowest BCUT2D eigenvalue weighted by Crippen LogP contribution is -2.31. The van der Waals surface area contributed by atoms with Crippen molar-refractivity contribution in [2.75, 3.05) is 13.2 Å². The lowest BCUT2D eigenvalue weighted by molar-refractivity contribution is -0.215. The van der Waals surface area contributed by atoms with Gasteiger partial charge in [-0.15, -0.1) is 0 Å². The molecule has 0 fully saturated rings. The lowest BCUT2D eigenvalue weighted by Gasteiger charge is -2.23. The van der Waals surface area contributed by atoms with Gasteiger partial charge in [0.25, 0.3) is 0 Å². The zero-order valence-corrected chi connectivity index (χ0v) is 8.82. The molecule has 2 N–H and O–H groups in total. The molecule has 0 rings (SSSR count). The minimum Gasteiger partial charge on any atom is -0.369 e. The van der Waals surface area contributed by atoms with Crippen LogP contribution in [0.25, 0.3) is 0 Å². The molecule has 0 saturated carbocycles. The normalized spacial score (nSPS) is 15.6. The highest BCUT2D eigenvalue weighted by molar-refractivity contribution is 4.69. The number of ether oxygens (including phenoxy) is 1. The van der Waals surface area contributed by atoms with Gasteiger partial charge in [0.1, 0.15) is 0 Å². The molecule has 2 nitrogen and oxygen atoms in total. The van der Waals surface area contributed by atoms with Gasteiger partial charge in [0.05, 0.1) is 0 Å². The Bertz CT molecular complexity index is 168. The van der Waals surface area contributed by atoms with Crippen LogP contribution in [0.5, 0.6) is 0 Å². The van der Waals surface area contributed by atoms with E-state index < -0.39 is 12.3 Å². The number of halogens is 3. The van der Waals surface area contributed by atoms with Gasteiger partial charge in [-0.3, -0.25) is 0 Å². The van der Waals surface area contributed by atoms with Gasteiger partial charge in [-0.2, -0.15) is 13.2 Å². The third kappa shape index (κ3) is 5.44. The third-order valence-electron chi connectivity index (χ3n) is 2.16. The van der Waals surface area contributed by atoms with Gasteiger partial charge in [0.2, 0.25) is 0 Å². The van der Waals surface area contributed by atoms with Crippen LogP contribution in [-0.4, -0.2) is 25.4 Å². The molecule has 0 aromatic heterocycles. The predicted octanol–water partition coefficient (Wildman–Crippen LogP) is 2.33. The summed E-state index contributed by atoms with van der Waals surface area (Å²) in [6.45, 7) is 5.33. The summed E-state index contributed by atoms with van der Waals surface area (Å²) in [6, 6.07) is 0. The summed E-state index contributed by atoms with van der Waals surface area (Å²) in [4.78, 5) is 0. The fourth-order valence-corrected chi connectivity index (χ4v) is 0.709. The number of nitrogens with two attached hydrogens (primary N) is 1. The molecule has 0 amide bonds. The molecule has 0 bridgehead atoms. The first-order valence-corrected chi connectivity index (χ1v) is 4.57. The average molecular weight is 213 g/mol. The quantitative estimate of drug-likeness (QED) is 0.760. The molecule has 0 saturated heterocycles.